The lowest BCUT2D eigenvalue weighted by atomic mass is 10.2. The molecule has 0 aliphatic rings. The monoisotopic (exact) mass is 270 g/mol. The largest absolute Gasteiger partial charge is 0.399 e. The van der Waals surface area contributed by atoms with Crippen LogP contribution in [-0.2, 0) is 0 Å². The van der Waals surface area contributed by atoms with Crippen LogP contribution in [0.5, 0.6) is 0 Å². The van der Waals surface area contributed by atoms with Gasteiger partial charge in [0.05, 0.1) is 10.7 Å². The van der Waals surface area contributed by atoms with Gasteiger partial charge in [-0.1, -0.05) is 23.2 Å². The van der Waals surface area contributed by atoms with Gasteiger partial charge in [0.1, 0.15) is 5.82 Å². The molecule has 0 fully saturated rings. The summed E-state index contributed by atoms with van der Waals surface area (Å²) >= 11 is 11.7. The number of halogens is 3. The minimum atomic E-state index is -0.411. The van der Waals surface area contributed by atoms with Crippen LogP contribution in [0.1, 0.15) is 0 Å². The Kier molecular flexibility index (Phi) is 3.41. The minimum Gasteiger partial charge on any atom is -0.399 e. The van der Waals surface area contributed by atoms with Crippen LogP contribution in [0, 0.1) is 5.82 Å². The molecule has 0 aromatic heterocycles. The van der Waals surface area contributed by atoms with Crippen molar-refractivity contribution >= 4 is 40.3 Å². The average Bonchev–Trinajstić information content (AvgIpc) is 2.21. The van der Waals surface area contributed by atoms with Crippen LogP contribution in [0.4, 0.5) is 21.5 Å². The summed E-state index contributed by atoms with van der Waals surface area (Å²) in [5, 5.41) is 3.75. The number of anilines is 3. The number of nitrogens with one attached hydrogen (secondary N) is 1. The summed E-state index contributed by atoms with van der Waals surface area (Å²) < 4.78 is 13.1. The topological polar surface area (TPSA) is 38.0 Å². The quantitative estimate of drug-likeness (QED) is 0.791. The van der Waals surface area contributed by atoms with Crippen LogP contribution in [0.2, 0.25) is 10.0 Å². The smallest absolute Gasteiger partial charge is 0.126 e. The molecule has 0 amide bonds. The Balaban J connectivity index is 2.31. The molecular weight excluding hydrogens is 262 g/mol. The molecule has 88 valence electrons. The molecule has 0 bridgehead atoms. The zero-order valence-corrected chi connectivity index (χ0v) is 10.2. The number of nitrogens with two attached hydrogens (primary N) is 1. The van der Waals surface area contributed by atoms with Gasteiger partial charge in [0.25, 0.3) is 0 Å². The van der Waals surface area contributed by atoms with E-state index >= 15 is 0 Å². The molecule has 0 radical (unpaired) electrons. The van der Waals surface area contributed by atoms with Crippen molar-refractivity contribution in [2.75, 3.05) is 11.1 Å². The fourth-order valence-electron chi connectivity index (χ4n) is 1.41. The van der Waals surface area contributed by atoms with Crippen molar-refractivity contribution in [3.05, 3.63) is 52.3 Å². The summed E-state index contributed by atoms with van der Waals surface area (Å²) in [6.45, 7) is 0. The summed E-state index contributed by atoms with van der Waals surface area (Å²) in [6.07, 6.45) is 0. The van der Waals surface area contributed by atoms with Crippen LogP contribution in [-0.4, -0.2) is 0 Å². The van der Waals surface area contributed by atoms with E-state index in [0.717, 1.165) is 0 Å². The lowest BCUT2D eigenvalue weighted by molar-refractivity contribution is 0.628. The van der Waals surface area contributed by atoms with E-state index in [2.05, 4.69) is 5.32 Å². The van der Waals surface area contributed by atoms with Crippen molar-refractivity contribution in [2.24, 2.45) is 0 Å². The van der Waals surface area contributed by atoms with E-state index in [-0.39, 0.29) is 0 Å². The molecule has 0 saturated carbocycles. The predicted octanol–water partition coefficient (Wildman–Crippen LogP) is 4.46. The molecule has 0 spiro atoms. The fraction of sp³-hybridized carbons (Fsp3) is 0. The summed E-state index contributed by atoms with van der Waals surface area (Å²) in [5.74, 6) is -0.411. The average molecular weight is 271 g/mol. The molecule has 2 aromatic carbocycles. The number of hydrogen-bond acceptors (Lipinski definition) is 2. The van der Waals surface area contributed by atoms with Crippen LogP contribution in [0.25, 0.3) is 0 Å². The Morgan fingerprint density at radius 1 is 1.06 bits per heavy atom. The van der Waals surface area contributed by atoms with Gasteiger partial charge in [-0.2, -0.15) is 0 Å². The number of benzene rings is 2. The van der Waals surface area contributed by atoms with Gasteiger partial charge in [0.15, 0.2) is 0 Å². The third-order valence-corrected chi connectivity index (χ3v) is 2.67. The number of rotatable bonds is 2. The van der Waals surface area contributed by atoms with Gasteiger partial charge in [-0.25, -0.2) is 4.39 Å². The molecule has 5 heteroatoms. The van der Waals surface area contributed by atoms with Gasteiger partial charge in [0, 0.05) is 16.4 Å². The Morgan fingerprint density at radius 2 is 1.82 bits per heavy atom. The minimum absolute atomic E-state index is 0.319. The lowest BCUT2D eigenvalue weighted by Gasteiger charge is -2.09. The first kappa shape index (κ1) is 12.0. The first-order valence-corrected chi connectivity index (χ1v) is 5.58. The predicted molar refractivity (Wildman–Crippen MR) is 70.6 cm³/mol. The first-order chi connectivity index (χ1) is 8.04. The maximum Gasteiger partial charge on any atom is 0.126 e. The van der Waals surface area contributed by atoms with E-state index in [0.29, 0.717) is 27.1 Å². The number of nitrogen functional groups attached to an aromatic ring is 1. The molecule has 0 heterocycles. The maximum atomic E-state index is 13.1. The Morgan fingerprint density at radius 3 is 2.47 bits per heavy atom. The Bertz CT molecular complexity index is 538. The van der Waals surface area contributed by atoms with E-state index in [1.807, 2.05) is 0 Å². The van der Waals surface area contributed by atoms with Crippen molar-refractivity contribution in [2.45, 2.75) is 0 Å². The molecule has 0 saturated heterocycles. The number of hydrogen-bond donors (Lipinski definition) is 2. The normalized spacial score (nSPS) is 10.3. The molecule has 3 N–H and O–H groups in total. The van der Waals surface area contributed by atoms with Crippen LogP contribution >= 0.6 is 23.2 Å². The van der Waals surface area contributed by atoms with Crippen molar-refractivity contribution in [1.29, 1.82) is 0 Å². The van der Waals surface area contributed by atoms with Gasteiger partial charge in [-0.3, -0.25) is 0 Å². The molecule has 17 heavy (non-hydrogen) atoms. The highest BCUT2D eigenvalue weighted by Crippen LogP contribution is 2.28. The van der Waals surface area contributed by atoms with Crippen molar-refractivity contribution < 1.29 is 4.39 Å². The van der Waals surface area contributed by atoms with E-state index in [1.165, 1.54) is 12.1 Å². The van der Waals surface area contributed by atoms with Gasteiger partial charge < -0.3 is 11.1 Å². The van der Waals surface area contributed by atoms with Crippen molar-refractivity contribution in [3.63, 3.8) is 0 Å². The van der Waals surface area contributed by atoms with Gasteiger partial charge in [0.2, 0.25) is 0 Å². The molecule has 0 aliphatic carbocycles. The fourth-order valence-corrected chi connectivity index (χ4v) is 1.87. The molecule has 0 unspecified atom stereocenters. The summed E-state index contributed by atoms with van der Waals surface area (Å²) in [4.78, 5) is 0. The standard InChI is InChI=1S/C12H9Cl2FN2/c13-7-3-8(15)5-10(4-7)17-12-2-1-9(16)6-11(12)14/h1-6,17H,16H2. The van der Waals surface area contributed by atoms with Crippen LogP contribution in [0.15, 0.2) is 36.4 Å². The van der Waals surface area contributed by atoms with E-state index in [9.17, 15) is 4.39 Å². The van der Waals surface area contributed by atoms with E-state index in [1.54, 1.807) is 24.3 Å². The molecule has 0 atom stereocenters. The maximum absolute atomic E-state index is 13.1. The Hall–Kier alpha value is -1.45. The molecule has 2 rings (SSSR count). The zero-order chi connectivity index (χ0) is 12.4. The second-order valence-corrected chi connectivity index (χ2v) is 4.37. The van der Waals surface area contributed by atoms with E-state index < -0.39 is 5.82 Å². The molecule has 0 aliphatic heterocycles. The third-order valence-electron chi connectivity index (χ3n) is 2.13. The third kappa shape index (κ3) is 3.02. The first-order valence-electron chi connectivity index (χ1n) is 4.83. The summed E-state index contributed by atoms with van der Waals surface area (Å²) in [5.41, 5.74) is 7.31. The van der Waals surface area contributed by atoms with Crippen LogP contribution in [0.3, 0.4) is 0 Å². The Labute approximate surface area is 108 Å². The highest BCUT2D eigenvalue weighted by molar-refractivity contribution is 6.33. The SMILES string of the molecule is Nc1ccc(Nc2cc(F)cc(Cl)c2)c(Cl)c1. The highest BCUT2D eigenvalue weighted by Gasteiger charge is 2.03. The van der Waals surface area contributed by atoms with Crippen molar-refractivity contribution in [3.8, 4) is 0 Å². The summed E-state index contributed by atoms with van der Waals surface area (Å²) in [7, 11) is 0. The van der Waals surface area contributed by atoms with E-state index in [4.69, 9.17) is 28.9 Å². The molecule has 2 nitrogen and oxygen atoms in total. The van der Waals surface area contributed by atoms with Crippen LogP contribution < -0.4 is 11.1 Å². The zero-order valence-electron chi connectivity index (χ0n) is 8.68. The lowest BCUT2D eigenvalue weighted by Crippen LogP contribution is -1.93. The summed E-state index contributed by atoms with van der Waals surface area (Å²) in [6, 6.07) is 9.21. The second kappa shape index (κ2) is 4.82. The second-order valence-electron chi connectivity index (χ2n) is 3.52. The highest BCUT2D eigenvalue weighted by atomic mass is 35.5. The van der Waals surface area contributed by atoms with Gasteiger partial charge in [-0.15, -0.1) is 0 Å². The van der Waals surface area contributed by atoms with Gasteiger partial charge >= 0.3 is 0 Å². The van der Waals surface area contributed by atoms with Crippen molar-refractivity contribution in [1.82, 2.24) is 0 Å². The molecular formula is C12H9Cl2FN2. The molecule has 2 aromatic rings. The van der Waals surface area contributed by atoms with Gasteiger partial charge in [-0.05, 0) is 36.4 Å².